The first-order valence-electron chi connectivity index (χ1n) is 15.8. The fourth-order valence-corrected chi connectivity index (χ4v) is 9.30. The first kappa shape index (κ1) is 23.2. The van der Waals surface area contributed by atoms with E-state index in [1.165, 1.54) is 76.3 Å². The van der Waals surface area contributed by atoms with Crippen molar-refractivity contribution in [3.05, 3.63) is 140 Å². The van der Waals surface area contributed by atoms with Crippen molar-refractivity contribution in [3.63, 3.8) is 0 Å². The number of fused-ring (bicyclic) bond motifs is 14. The number of benzene rings is 6. The zero-order valence-electron chi connectivity index (χ0n) is 24.5. The molecule has 6 nitrogen and oxygen atoms in total. The largest absolute Gasteiger partial charge is 0.599 e. The molecule has 4 aromatic heterocycles. The summed E-state index contributed by atoms with van der Waals surface area (Å²) in [5.74, 6) is 0. The lowest BCUT2D eigenvalue weighted by molar-refractivity contribution is -0.533. The van der Waals surface area contributed by atoms with Gasteiger partial charge in [0.1, 0.15) is 0 Å². The maximum Gasteiger partial charge on any atom is 0.599 e. The quantitative estimate of drug-likeness (QED) is 0.183. The molecule has 212 valence electrons. The van der Waals surface area contributed by atoms with E-state index in [4.69, 9.17) is 9.97 Å². The number of imidazole rings is 1. The van der Waals surface area contributed by atoms with Crippen molar-refractivity contribution >= 4 is 71.8 Å². The van der Waals surface area contributed by atoms with Gasteiger partial charge in [0.2, 0.25) is 0 Å². The van der Waals surface area contributed by atoms with Gasteiger partial charge in [0.05, 0.1) is 29.8 Å². The van der Waals surface area contributed by atoms with Crippen LogP contribution in [0.25, 0.3) is 87.7 Å². The number of aromatic nitrogens is 6. The molecule has 10 aromatic rings. The molecule has 0 fully saturated rings. The van der Waals surface area contributed by atoms with Crippen molar-refractivity contribution in [1.29, 1.82) is 0 Å². The Morgan fingerprint density at radius 2 is 1.07 bits per heavy atom. The molecule has 0 spiro atoms. The summed E-state index contributed by atoms with van der Waals surface area (Å²) >= 11 is 0. The van der Waals surface area contributed by atoms with Crippen LogP contribution in [0.5, 0.6) is 0 Å². The summed E-state index contributed by atoms with van der Waals surface area (Å²) in [6.45, 7) is -1.99. The minimum absolute atomic E-state index is 1.10. The summed E-state index contributed by atoms with van der Waals surface area (Å²) < 4.78 is 10.2. The lowest BCUT2D eigenvalue weighted by atomic mass is 9.66. The Morgan fingerprint density at radius 1 is 0.522 bits per heavy atom. The van der Waals surface area contributed by atoms with Crippen molar-refractivity contribution in [3.8, 4) is 22.5 Å². The fourth-order valence-electron chi connectivity index (χ4n) is 9.30. The predicted octanol–water partition coefficient (Wildman–Crippen LogP) is 7.98. The zero-order chi connectivity index (χ0) is 29.7. The maximum atomic E-state index is 4.92. The SMILES string of the molecule is c1ccc2c(c1)ccc1c2c2cccc3c2n1[B-]1(n2ccnc2)n2c4ccc5ccccc5c4c4cccc(c42)-c2cncc-3[n+]21. The Balaban J connectivity index is 1.45. The molecule has 0 radical (unpaired) electrons. The van der Waals surface area contributed by atoms with Crippen molar-refractivity contribution in [2.24, 2.45) is 0 Å². The fraction of sp³-hybridized carbons (Fsp3) is 0. The van der Waals surface area contributed by atoms with E-state index in [-0.39, 0.29) is 0 Å². The van der Waals surface area contributed by atoms with Crippen molar-refractivity contribution < 1.29 is 4.48 Å². The summed E-state index contributed by atoms with van der Waals surface area (Å²) in [5, 5.41) is 10.0. The van der Waals surface area contributed by atoms with Gasteiger partial charge in [0.25, 0.3) is 0 Å². The molecule has 0 N–H and O–H groups in total. The summed E-state index contributed by atoms with van der Waals surface area (Å²) in [5.41, 5.74) is 9.40. The topological polar surface area (TPSA) is 44.5 Å². The van der Waals surface area contributed by atoms with Crippen molar-refractivity contribution in [2.45, 2.75) is 0 Å². The average molecular weight is 586 g/mol. The molecule has 6 heterocycles. The molecule has 7 heteroatoms. The summed E-state index contributed by atoms with van der Waals surface area (Å²) in [4.78, 5) is 9.63. The zero-order valence-corrected chi connectivity index (χ0v) is 24.5. The van der Waals surface area contributed by atoms with E-state index in [2.05, 4.69) is 146 Å². The van der Waals surface area contributed by atoms with Gasteiger partial charge in [-0.15, -0.1) is 0 Å². The monoisotopic (exact) mass is 586 g/mol. The molecule has 0 aliphatic carbocycles. The highest BCUT2D eigenvalue weighted by atomic mass is 15.4. The van der Waals surface area contributed by atoms with Crippen LogP contribution >= 0.6 is 0 Å². The highest BCUT2D eigenvalue weighted by Gasteiger charge is 2.57. The third-order valence-electron chi connectivity index (χ3n) is 10.9. The minimum atomic E-state index is -1.99. The molecule has 6 aromatic carbocycles. The van der Waals surface area contributed by atoms with Crippen molar-refractivity contribution in [2.75, 3.05) is 0 Å². The Morgan fingerprint density at radius 3 is 1.61 bits per heavy atom. The van der Waals surface area contributed by atoms with Gasteiger partial charge < -0.3 is 17.9 Å². The van der Waals surface area contributed by atoms with Crippen LogP contribution in [0.1, 0.15) is 0 Å². The third-order valence-corrected chi connectivity index (χ3v) is 10.9. The molecule has 0 bridgehead atoms. The highest BCUT2D eigenvalue weighted by Crippen LogP contribution is 2.48. The van der Waals surface area contributed by atoms with E-state index in [0.717, 1.165) is 11.4 Å². The summed E-state index contributed by atoms with van der Waals surface area (Å²) in [6, 6.07) is 40.2. The molecule has 46 heavy (non-hydrogen) atoms. The number of rotatable bonds is 1. The Kier molecular flexibility index (Phi) is 3.89. The van der Waals surface area contributed by atoms with Gasteiger partial charge in [-0.1, -0.05) is 84.9 Å². The van der Waals surface area contributed by atoms with E-state index in [0.29, 0.717) is 0 Å². The average Bonchev–Trinajstić information content (AvgIpc) is 3.86. The maximum absolute atomic E-state index is 4.92. The first-order valence-corrected chi connectivity index (χ1v) is 15.8. The predicted molar refractivity (Wildman–Crippen MR) is 186 cm³/mol. The second-order valence-electron chi connectivity index (χ2n) is 12.8. The van der Waals surface area contributed by atoms with Gasteiger partial charge in [-0.25, -0.2) is 4.98 Å². The second-order valence-corrected chi connectivity index (χ2v) is 12.8. The Hall–Kier alpha value is -6.21. The van der Waals surface area contributed by atoms with Gasteiger partial charge in [-0.2, -0.15) is 0 Å². The molecular formula is C39H23BN6. The van der Waals surface area contributed by atoms with E-state index in [1.807, 2.05) is 12.5 Å². The van der Waals surface area contributed by atoms with Crippen LogP contribution in [-0.2, 0) is 0 Å². The molecule has 0 saturated heterocycles. The first-order chi connectivity index (χ1) is 22.9. The summed E-state index contributed by atoms with van der Waals surface area (Å²) in [7, 11) is 0. The Bertz CT molecular complexity index is 2810. The van der Waals surface area contributed by atoms with E-state index in [1.54, 1.807) is 0 Å². The Labute approximate surface area is 262 Å². The van der Waals surface area contributed by atoms with Crippen LogP contribution in [-0.4, -0.2) is 30.1 Å². The summed E-state index contributed by atoms with van der Waals surface area (Å²) in [6.07, 6.45) is 10.2. The molecule has 0 saturated carbocycles. The molecule has 2 aliphatic heterocycles. The third kappa shape index (κ3) is 2.37. The van der Waals surface area contributed by atoms with E-state index < -0.39 is 6.69 Å². The smallest absolute Gasteiger partial charge is 0.411 e. The van der Waals surface area contributed by atoms with Gasteiger partial charge in [0, 0.05) is 49.8 Å². The molecule has 2 aliphatic rings. The van der Waals surface area contributed by atoms with E-state index >= 15 is 0 Å². The number of nitrogens with zero attached hydrogens (tertiary/aromatic N) is 6. The number of para-hydroxylation sites is 2. The lowest BCUT2D eigenvalue weighted by Gasteiger charge is -2.46. The van der Waals surface area contributed by atoms with Crippen LogP contribution in [0.2, 0.25) is 0 Å². The standard InChI is InChI=1S/C39H23BN6/c1-3-9-26-24(7-1)15-17-32-36(26)30-13-5-11-28-34-21-42-22-35-29-12-6-14-31-37-27-10-4-2-8-25(27)16-18-33(37)46(39(29)31)40(44(34)35,45(32)38(28)30)43-20-19-41-23-43/h1-23H. The van der Waals surface area contributed by atoms with Gasteiger partial charge in [0.15, 0.2) is 11.4 Å². The van der Waals surface area contributed by atoms with Crippen molar-refractivity contribution in [1.82, 2.24) is 23.4 Å². The van der Waals surface area contributed by atoms with Gasteiger partial charge >= 0.3 is 6.69 Å². The van der Waals surface area contributed by atoms with Gasteiger partial charge in [-0.05, 0) is 52.0 Å². The normalized spacial score (nSPS) is 14.3. The number of hydrogen-bond acceptors (Lipinski definition) is 2. The molecule has 0 amide bonds. The van der Waals surface area contributed by atoms with Crippen LogP contribution in [0.3, 0.4) is 0 Å². The molecule has 12 rings (SSSR count). The molecule has 0 atom stereocenters. The van der Waals surface area contributed by atoms with Crippen LogP contribution in [0.4, 0.5) is 0 Å². The van der Waals surface area contributed by atoms with Gasteiger partial charge in [-0.3, -0.25) is 4.98 Å². The highest BCUT2D eigenvalue weighted by molar-refractivity contribution is 6.73. The second kappa shape index (κ2) is 7.71. The minimum Gasteiger partial charge on any atom is -0.411 e. The van der Waals surface area contributed by atoms with Crippen LogP contribution in [0, 0.1) is 0 Å². The molecular weight excluding hydrogens is 563 g/mol. The number of hydrogen-bond donors (Lipinski definition) is 0. The van der Waals surface area contributed by atoms with Crippen LogP contribution < -0.4 is 4.48 Å². The van der Waals surface area contributed by atoms with E-state index in [9.17, 15) is 0 Å². The molecule has 0 unspecified atom stereocenters. The lowest BCUT2D eigenvalue weighted by Crippen LogP contribution is -2.81. The van der Waals surface area contributed by atoms with Crippen LogP contribution in [0.15, 0.2) is 140 Å².